The van der Waals surface area contributed by atoms with Crippen LogP contribution in [-0.4, -0.2) is 235 Å². The Hall–Kier alpha value is -3.85. The molecule has 11 N–H and O–H groups in total. The van der Waals surface area contributed by atoms with Gasteiger partial charge in [-0.3, -0.25) is 4.79 Å². The molecule has 26 nitrogen and oxygen atoms in total. The van der Waals surface area contributed by atoms with E-state index in [-0.39, 0.29) is 52.6 Å². The van der Waals surface area contributed by atoms with Crippen molar-refractivity contribution in [2.24, 2.45) is 74.4 Å². The molecule has 1 aromatic carbocycles. The highest BCUT2D eigenvalue weighted by Crippen LogP contribution is 2.75. The van der Waals surface area contributed by atoms with Gasteiger partial charge in [0.1, 0.15) is 72.9 Å². The highest BCUT2D eigenvalue weighted by Gasteiger charge is 2.70. The Morgan fingerprint density at radius 2 is 1.19 bits per heavy atom. The molecule has 5 aliphatic heterocycles. The summed E-state index contributed by atoms with van der Waals surface area (Å²) in [6.45, 7) is 29.3. The molecule has 0 spiro atoms. The van der Waals surface area contributed by atoms with Crippen molar-refractivity contribution in [3.63, 3.8) is 0 Å². The molecule has 0 radical (unpaired) electrons. The van der Waals surface area contributed by atoms with Crippen LogP contribution in [0.3, 0.4) is 0 Å². The number of hydrogen-bond acceptors (Lipinski definition) is 25. The molecule has 0 amide bonds. The molecule has 4 saturated carbocycles. The van der Waals surface area contributed by atoms with Crippen LogP contribution < -0.4 is 4.74 Å². The standard InChI is InChI=1S/C76H116O26/c1-17-45-34(4)32(2)36(6)67(94-45)99-61-54(82)51(79)37(7)92-69(61)101-63-58(86)59(97-65(89)35(5)33(3)39-18-20-40(91-16)21-19-39)38(8)93-70(63)102-66(90)42-29-72(9,10)28-41-43-22-23-48-74(13)26-25-49(73(11,12)47(74)24-27-75(48,14)76(43,15)30-44(78)50(41)42)96-71-62(56(84)55(83)60(98-71)64(87)88)100-68-57(85)53(81)52(80)46(31-77)95-68/h18-22,32,34,36-38,41-42,44-63,67-71,77-86H,17,23-31H2,1-16H3,(H,87,88)/b35-33+/t32-,34-,36-,37-,38-,41?,42?,44?,45+,46+,47?,48?,49-,50?,51-,52+,53-,54+,55+,56-,57+,58-,59+,60-,61+,62+,63-,67+,68-,69-,70+,71+,74-,75+,76?/m0/s1. The SMILES string of the molecule is CC[C@H]1O[C@H](O[C@H]2[C@H](O[C@@H]3[C@@H](OC(=O)C4CC(C)(C)CC5C6=CCC7[C@@]8(C)CC[C@H](O[C@@H]9O[C@H](C(=O)O)[C@H](O)[C@H](O)[C@H]9O[C@@H]9O[C@H](CO)[C@@H](O)[C@H](O)[C@H]9O)C(C)(C)C8CC[C@@]7(C)C6(C)CC(O)C45)O[C@@H](C)[C@@H](OC(=O)/C(C)=C(\C)c4ccc(OC)cc4)[C@@H]3O)O[C@@H](C)[C@H](O)[C@H]2O)[C@@H](C)[C@@H](C)[C@@H]1C. The second-order valence-corrected chi connectivity index (χ2v) is 33.9. The smallest absolute Gasteiger partial charge is 0.335 e. The Morgan fingerprint density at radius 1 is 0.578 bits per heavy atom. The van der Waals surface area contributed by atoms with Gasteiger partial charge in [0.15, 0.2) is 43.5 Å². The number of ether oxygens (including phenoxy) is 12. The molecule has 0 bridgehead atoms. The maximum Gasteiger partial charge on any atom is 0.335 e. The summed E-state index contributed by atoms with van der Waals surface area (Å²) in [6, 6.07) is 7.16. The lowest BCUT2D eigenvalue weighted by Gasteiger charge is -2.71. The van der Waals surface area contributed by atoms with Gasteiger partial charge in [0, 0.05) is 17.4 Å². The maximum atomic E-state index is 15.7. The summed E-state index contributed by atoms with van der Waals surface area (Å²) in [5, 5.41) is 124. The number of aliphatic hydroxyl groups is 10. The van der Waals surface area contributed by atoms with E-state index < -0.39 is 199 Å². The Bertz CT molecular complexity index is 3190. The number of carbonyl (C=O) groups excluding carboxylic acids is 2. The molecule has 1 aromatic rings. The zero-order valence-electron chi connectivity index (χ0n) is 62.0. The van der Waals surface area contributed by atoms with E-state index in [1.165, 1.54) is 5.57 Å². The first-order valence-corrected chi connectivity index (χ1v) is 37.1. The van der Waals surface area contributed by atoms with Crippen LogP contribution in [0, 0.1) is 74.4 Å². The number of carboxylic acid groups (broad SMARTS) is 1. The normalized spacial score (nSPS) is 48.7. The van der Waals surface area contributed by atoms with E-state index in [0.29, 0.717) is 56.3 Å². The van der Waals surface area contributed by atoms with Crippen molar-refractivity contribution in [2.45, 2.75) is 309 Å². The fraction of sp³-hybridized carbons (Fsp3) is 0.829. The minimum atomic E-state index is -2.02. The fourth-order valence-electron chi connectivity index (χ4n) is 20.6. The Morgan fingerprint density at radius 3 is 1.82 bits per heavy atom. The predicted octanol–water partition coefficient (Wildman–Crippen LogP) is 5.06. The Labute approximate surface area is 598 Å². The summed E-state index contributed by atoms with van der Waals surface area (Å²) < 4.78 is 75.3. The third kappa shape index (κ3) is 14.0. The largest absolute Gasteiger partial charge is 0.497 e. The zero-order valence-corrected chi connectivity index (χ0v) is 62.0. The van der Waals surface area contributed by atoms with Gasteiger partial charge in [0.05, 0.1) is 50.2 Å². The minimum absolute atomic E-state index is 0.0127. The van der Waals surface area contributed by atoms with Gasteiger partial charge in [-0.2, -0.15) is 0 Å². The highest BCUT2D eigenvalue weighted by molar-refractivity contribution is 5.96. The molecule has 11 rings (SSSR count). The van der Waals surface area contributed by atoms with Gasteiger partial charge in [-0.15, -0.1) is 0 Å². The monoisotopic (exact) mass is 1440 g/mol. The van der Waals surface area contributed by atoms with Gasteiger partial charge < -0.3 is 113 Å². The van der Waals surface area contributed by atoms with E-state index in [2.05, 4.69) is 68.4 Å². The maximum absolute atomic E-state index is 15.7. The third-order valence-electron chi connectivity index (χ3n) is 27.3. The molecule has 576 valence electrons. The lowest BCUT2D eigenvalue weighted by Crippen LogP contribution is -2.67. The molecule has 26 heteroatoms. The topological polar surface area (TPSA) is 385 Å². The lowest BCUT2D eigenvalue weighted by atomic mass is 9.34. The molecule has 7 unspecified atom stereocenters. The molecule has 5 aliphatic carbocycles. The van der Waals surface area contributed by atoms with Crippen molar-refractivity contribution in [2.75, 3.05) is 13.7 Å². The number of rotatable bonds is 17. The average molecular weight is 1450 g/mol. The number of fused-ring (bicyclic) bond motifs is 7. The van der Waals surface area contributed by atoms with E-state index >= 15 is 4.79 Å². The van der Waals surface area contributed by atoms with Crippen molar-refractivity contribution in [1.29, 1.82) is 0 Å². The lowest BCUT2D eigenvalue weighted by molar-refractivity contribution is -0.381. The van der Waals surface area contributed by atoms with Crippen LogP contribution in [0.25, 0.3) is 5.57 Å². The first-order valence-electron chi connectivity index (χ1n) is 37.1. The summed E-state index contributed by atoms with van der Waals surface area (Å²) in [7, 11) is 1.56. The second kappa shape index (κ2) is 30.0. The first kappa shape index (κ1) is 79.2. The summed E-state index contributed by atoms with van der Waals surface area (Å²) >= 11 is 0. The number of methoxy groups -OCH3 is 1. The molecular weight excluding hydrogens is 1330 g/mol. The van der Waals surface area contributed by atoms with E-state index in [1.807, 2.05) is 26.0 Å². The predicted molar refractivity (Wildman–Crippen MR) is 362 cm³/mol. The van der Waals surface area contributed by atoms with E-state index in [9.17, 15) is 65.8 Å². The Kier molecular flexibility index (Phi) is 23.3. The van der Waals surface area contributed by atoms with Crippen LogP contribution in [0.4, 0.5) is 0 Å². The molecular formula is C76H116O26. The number of allylic oxidation sites excluding steroid dienone is 3. The molecule has 10 aliphatic rings. The van der Waals surface area contributed by atoms with Crippen LogP contribution in [0.5, 0.6) is 5.75 Å². The molecule has 5 heterocycles. The van der Waals surface area contributed by atoms with Gasteiger partial charge in [-0.1, -0.05) is 99.9 Å². The summed E-state index contributed by atoms with van der Waals surface area (Å²) in [4.78, 5) is 42.5. The van der Waals surface area contributed by atoms with Crippen molar-refractivity contribution >= 4 is 23.5 Å². The number of carboxylic acids is 1. The molecule has 0 aromatic heterocycles. The average Bonchev–Trinajstić information content (AvgIpc) is 0.677. The number of aliphatic carboxylic acids is 1. The van der Waals surface area contributed by atoms with Gasteiger partial charge in [-0.05, 0) is 165 Å². The molecule has 102 heavy (non-hydrogen) atoms. The summed E-state index contributed by atoms with van der Waals surface area (Å²) in [5.74, 6) is -4.05. The minimum Gasteiger partial charge on any atom is -0.497 e. The number of hydrogen-bond donors (Lipinski definition) is 11. The number of esters is 2. The molecule has 9 fully saturated rings. The zero-order chi connectivity index (χ0) is 74.7. The summed E-state index contributed by atoms with van der Waals surface area (Å²) in [6.07, 6.45) is -27.8. The fourth-order valence-corrected chi connectivity index (χ4v) is 20.6. The van der Waals surface area contributed by atoms with E-state index in [1.54, 1.807) is 46.9 Å². The van der Waals surface area contributed by atoms with Crippen LogP contribution in [0.15, 0.2) is 41.5 Å². The van der Waals surface area contributed by atoms with Gasteiger partial charge in [0.25, 0.3) is 0 Å². The van der Waals surface area contributed by atoms with Gasteiger partial charge >= 0.3 is 17.9 Å². The third-order valence-corrected chi connectivity index (χ3v) is 27.3. The van der Waals surface area contributed by atoms with Crippen LogP contribution in [0.1, 0.15) is 167 Å². The van der Waals surface area contributed by atoms with Gasteiger partial charge in [0.2, 0.25) is 6.29 Å². The van der Waals surface area contributed by atoms with E-state index in [4.69, 9.17) is 56.8 Å². The van der Waals surface area contributed by atoms with Gasteiger partial charge in [-0.25, -0.2) is 9.59 Å². The van der Waals surface area contributed by atoms with Crippen molar-refractivity contribution in [1.82, 2.24) is 0 Å². The van der Waals surface area contributed by atoms with Crippen molar-refractivity contribution in [3.8, 4) is 5.75 Å². The number of aliphatic hydroxyl groups excluding tert-OH is 10. The van der Waals surface area contributed by atoms with E-state index in [0.717, 1.165) is 18.4 Å². The van der Waals surface area contributed by atoms with Crippen LogP contribution in [-0.2, 0) is 66.5 Å². The second-order valence-electron chi connectivity index (χ2n) is 33.9. The highest BCUT2D eigenvalue weighted by atomic mass is 16.8. The Balaban J connectivity index is 0.855. The number of benzene rings is 1. The van der Waals surface area contributed by atoms with Crippen LogP contribution in [0.2, 0.25) is 0 Å². The van der Waals surface area contributed by atoms with Crippen molar-refractivity contribution in [3.05, 3.63) is 47.1 Å². The summed E-state index contributed by atoms with van der Waals surface area (Å²) in [5.41, 5.74) is 0.307. The number of carbonyl (C=O) groups is 3. The quantitative estimate of drug-likeness (QED) is 0.0420. The molecule has 35 atom stereocenters. The molecule has 5 saturated heterocycles. The van der Waals surface area contributed by atoms with Crippen LogP contribution >= 0.6 is 0 Å². The van der Waals surface area contributed by atoms with Crippen molar-refractivity contribution < 1.29 is 127 Å². The first-order chi connectivity index (χ1) is 47.8.